The Morgan fingerprint density at radius 1 is 1.75 bits per heavy atom. The van der Waals surface area contributed by atoms with Crippen LogP contribution in [-0.4, -0.2) is 30.7 Å². The van der Waals surface area contributed by atoms with Gasteiger partial charge in [-0.2, -0.15) is 0 Å². The highest BCUT2D eigenvalue weighted by Gasteiger charge is 1.90. The van der Waals surface area contributed by atoms with Gasteiger partial charge in [-0.15, -0.1) is 0 Å². The van der Waals surface area contributed by atoms with Crippen LogP contribution in [-0.2, 0) is 4.79 Å². The molecule has 4 nitrogen and oxygen atoms in total. The van der Waals surface area contributed by atoms with Crippen LogP contribution in [0.2, 0.25) is 0 Å². The minimum Gasteiger partial charge on any atom is -0.480 e. The summed E-state index contributed by atoms with van der Waals surface area (Å²) in [4.78, 5) is 9.75. The molecule has 0 aromatic rings. The summed E-state index contributed by atoms with van der Waals surface area (Å²) in [6.45, 7) is 0.637. The van der Waals surface area contributed by atoms with E-state index in [1.54, 1.807) is 0 Å². The first-order valence-electron chi connectivity index (χ1n) is 2.34. The molecule has 4 heteroatoms. The summed E-state index contributed by atoms with van der Waals surface area (Å²) in [5, 5.41) is 10.6. The lowest BCUT2D eigenvalue weighted by Gasteiger charge is -1.93. The summed E-state index contributed by atoms with van der Waals surface area (Å²) in [7, 11) is 0. The molecular formula is C4H9N2O2. The second kappa shape index (κ2) is 4.55. The molecule has 1 radical (unpaired) electrons. The van der Waals surface area contributed by atoms with Gasteiger partial charge in [0.05, 0.1) is 6.54 Å². The van der Waals surface area contributed by atoms with Crippen LogP contribution in [0.4, 0.5) is 0 Å². The van der Waals surface area contributed by atoms with Crippen molar-refractivity contribution in [1.29, 1.82) is 0 Å². The molecule has 0 saturated heterocycles. The van der Waals surface area contributed by atoms with E-state index >= 15 is 0 Å². The second-order valence-electron chi connectivity index (χ2n) is 1.32. The zero-order chi connectivity index (χ0) is 6.41. The van der Waals surface area contributed by atoms with Gasteiger partial charge in [0.25, 0.3) is 0 Å². The van der Waals surface area contributed by atoms with Crippen LogP contribution in [0.15, 0.2) is 0 Å². The van der Waals surface area contributed by atoms with Crippen molar-refractivity contribution in [2.75, 3.05) is 19.6 Å². The van der Waals surface area contributed by atoms with E-state index in [2.05, 4.69) is 5.32 Å². The molecule has 0 spiro atoms. The number of rotatable bonds is 4. The normalized spacial score (nSPS) is 9.12. The summed E-state index contributed by atoms with van der Waals surface area (Å²) in [5.74, 6) is -0.876. The average molecular weight is 117 g/mol. The first kappa shape index (κ1) is 7.39. The van der Waals surface area contributed by atoms with Crippen molar-refractivity contribution in [3.63, 3.8) is 0 Å². The van der Waals surface area contributed by atoms with Gasteiger partial charge in [-0.25, -0.2) is 0 Å². The Kier molecular flexibility index (Phi) is 4.20. The highest BCUT2D eigenvalue weighted by Crippen LogP contribution is 1.57. The maximum atomic E-state index is 9.75. The Morgan fingerprint density at radius 2 is 2.38 bits per heavy atom. The van der Waals surface area contributed by atoms with Gasteiger partial charge in [0, 0.05) is 13.1 Å². The summed E-state index contributed by atoms with van der Waals surface area (Å²) in [6, 6.07) is 0. The van der Waals surface area contributed by atoms with E-state index < -0.39 is 5.97 Å². The van der Waals surface area contributed by atoms with Crippen molar-refractivity contribution in [3.05, 3.63) is 0 Å². The Hall–Kier alpha value is -0.610. The van der Waals surface area contributed by atoms with Crippen LogP contribution in [0.25, 0.3) is 0 Å². The van der Waals surface area contributed by atoms with Crippen LogP contribution in [0.3, 0.4) is 0 Å². The van der Waals surface area contributed by atoms with Gasteiger partial charge < -0.3 is 10.4 Å². The van der Waals surface area contributed by atoms with Crippen LogP contribution in [0.1, 0.15) is 0 Å². The maximum Gasteiger partial charge on any atom is 0.317 e. The van der Waals surface area contributed by atoms with E-state index in [9.17, 15) is 4.79 Å². The molecule has 0 aliphatic carbocycles. The third-order valence-corrected chi connectivity index (χ3v) is 0.578. The number of aliphatic carboxylic acids is 1. The van der Waals surface area contributed by atoms with Crippen LogP contribution < -0.4 is 11.1 Å². The first-order valence-corrected chi connectivity index (χ1v) is 2.34. The number of carboxylic acid groups (broad SMARTS) is 1. The predicted molar refractivity (Wildman–Crippen MR) is 28.5 cm³/mol. The third-order valence-electron chi connectivity index (χ3n) is 0.578. The molecule has 8 heavy (non-hydrogen) atoms. The van der Waals surface area contributed by atoms with Gasteiger partial charge in [-0.1, -0.05) is 0 Å². The predicted octanol–water partition coefficient (Wildman–Crippen LogP) is -1.06. The van der Waals surface area contributed by atoms with Crippen molar-refractivity contribution >= 4 is 5.97 Å². The van der Waals surface area contributed by atoms with E-state index in [0.717, 1.165) is 0 Å². The number of carboxylic acids is 1. The lowest BCUT2D eigenvalue weighted by atomic mass is 10.6. The zero-order valence-corrected chi connectivity index (χ0v) is 4.48. The van der Waals surface area contributed by atoms with Crippen molar-refractivity contribution in [3.8, 4) is 0 Å². The van der Waals surface area contributed by atoms with Gasteiger partial charge >= 0.3 is 5.97 Å². The SMILES string of the molecule is [NH]CCNCC(=O)O. The van der Waals surface area contributed by atoms with Crippen molar-refractivity contribution in [1.82, 2.24) is 11.1 Å². The molecule has 0 aliphatic heterocycles. The molecule has 0 rings (SSSR count). The van der Waals surface area contributed by atoms with Gasteiger partial charge in [-0.05, 0) is 0 Å². The smallest absolute Gasteiger partial charge is 0.317 e. The summed E-state index contributed by atoms with van der Waals surface area (Å²) in [6.07, 6.45) is 0. The van der Waals surface area contributed by atoms with Gasteiger partial charge in [0.15, 0.2) is 0 Å². The molecule has 3 N–H and O–H groups in total. The number of carbonyl (C=O) groups is 1. The van der Waals surface area contributed by atoms with Crippen molar-refractivity contribution in [2.45, 2.75) is 0 Å². The molecule has 0 aromatic carbocycles. The Bertz CT molecular complexity index is 74.4. The fourth-order valence-corrected chi connectivity index (χ4v) is 0.284. The van der Waals surface area contributed by atoms with E-state index in [-0.39, 0.29) is 13.1 Å². The topological polar surface area (TPSA) is 73.1 Å². The van der Waals surface area contributed by atoms with E-state index in [1.165, 1.54) is 0 Å². The second-order valence-corrected chi connectivity index (χ2v) is 1.32. The largest absolute Gasteiger partial charge is 0.480 e. The lowest BCUT2D eigenvalue weighted by molar-refractivity contribution is -0.135. The summed E-state index contributed by atoms with van der Waals surface area (Å²) in [5.41, 5.74) is 6.59. The van der Waals surface area contributed by atoms with Crippen molar-refractivity contribution < 1.29 is 9.90 Å². The van der Waals surface area contributed by atoms with Gasteiger partial charge in [0.2, 0.25) is 0 Å². The highest BCUT2D eigenvalue weighted by atomic mass is 16.4. The van der Waals surface area contributed by atoms with Gasteiger partial charge in [-0.3, -0.25) is 10.5 Å². The van der Waals surface area contributed by atoms with E-state index in [0.29, 0.717) is 6.54 Å². The minimum atomic E-state index is -0.876. The monoisotopic (exact) mass is 117 g/mol. The van der Waals surface area contributed by atoms with Crippen molar-refractivity contribution in [2.24, 2.45) is 0 Å². The standard InChI is InChI=1S/C4H9N2O2/c5-1-2-6-3-4(7)8/h5-6H,1-3H2,(H,7,8). The summed E-state index contributed by atoms with van der Waals surface area (Å²) >= 11 is 0. The lowest BCUT2D eigenvalue weighted by Crippen LogP contribution is -2.25. The molecule has 0 amide bonds. The minimum absolute atomic E-state index is 0.0428. The molecule has 0 heterocycles. The Labute approximate surface area is 47.7 Å². The molecule has 0 unspecified atom stereocenters. The Morgan fingerprint density at radius 3 is 2.75 bits per heavy atom. The number of nitrogens with one attached hydrogen (secondary N) is 2. The average Bonchev–Trinajstić information content (AvgIpc) is 1.66. The molecule has 0 bridgehead atoms. The molecule has 47 valence electrons. The molecule has 0 aliphatic rings. The maximum absolute atomic E-state index is 9.75. The molecule has 0 aromatic heterocycles. The van der Waals surface area contributed by atoms with E-state index in [4.69, 9.17) is 10.8 Å². The highest BCUT2D eigenvalue weighted by molar-refractivity contribution is 5.68. The molecular weight excluding hydrogens is 108 g/mol. The molecule has 0 atom stereocenters. The van der Waals surface area contributed by atoms with Crippen LogP contribution >= 0.6 is 0 Å². The van der Waals surface area contributed by atoms with Gasteiger partial charge in [0.1, 0.15) is 0 Å². The van der Waals surface area contributed by atoms with E-state index in [1.807, 2.05) is 0 Å². The number of hydrogen-bond donors (Lipinski definition) is 2. The summed E-state index contributed by atoms with van der Waals surface area (Å²) < 4.78 is 0. The van der Waals surface area contributed by atoms with Crippen LogP contribution in [0, 0.1) is 0 Å². The zero-order valence-electron chi connectivity index (χ0n) is 4.48. The number of hydrogen-bond acceptors (Lipinski definition) is 2. The molecule has 0 saturated carbocycles. The molecule has 0 fully saturated rings. The third kappa shape index (κ3) is 5.39. The fourth-order valence-electron chi connectivity index (χ4n) is 0.284. The fraction of sp³-hybridized carbons (Fsp3) is 0.750. The quantitative estimate of drug-likeness (QED) is 0.461. The van der Waals surface area contributed by atoms with Crippen LogP contribution in [0.5, 0.6) is 0 Å². The first-order chi connectivity index (χ1) is 3.77. The Balaban J connectivity index is 2.82.